The molecular formula is C12H8FNO2S2. The second kappa shape index (κ2) is 5.32. The maximum absolute atomic E-state index is 13.8. The number of esters is 1. The van der Waals surface area contributed by atoms with Crippen LogP contribution in [0.25, 0.3) is 10.1 Å². The number of nitrogens with zero attached hydrogens (tertiary/aromatic N) is 1. The molecule has 1 heterocycles. The number of thiocarbonyl (C=S) groups is 1. The van der Waals surface area contributed by atoms with Gasteiger partial charge in [0.2, 0.25) is 0 Å². The van der Waals surface area contributed by atoms with E-state index < -0.39 is 11.8 Å². The van der Waals surface area contributed by atoms with Crippen LogP contribution in [0, 0.1) is 5.82 Å². The van der Waals surface area contributed by atoms with Gasteiger partial charge < -0.3 is 4.74 Å². The number of ether oxygens (including phenoxy) is 1. The van der Waals surface area contributed by atoms with Crippen LogP contribution >= 0.6 is 23.6 Å². The van der Waals surface area contributed by atoms with Gasteiger partial charge >= 0.3 is 5.97 Å². The number of carbonyl (C=O) groups is 1. The number of methoxy groups -OCH3 is 1. The normalized spacial score (nSPS) is 11.0. The molecule has 0 unspecified atom stereocenters. The smallest absolute Gasteiger partial charge is 0.350 e. The van der Waals surface area contributed by atoms with E-state index in [1.807, 2.05) is 0 Å². The minimum absolute atomic E-state index is 0.265. The maximum Gasteiger partial charge on any atom is 0.350 e. The first kappa shape index (κ1) is 12.8. The summed E-state index contributed by atoms with van der Waals surface area (Å²) in [6, 6.07) is 4.64. The second-order valence-electron chi connectivity index (χ2n) is 3.30. The lowest BCUT2D eigenvalue weighted by Gasteiger charge is -1.97. The summed E-state index contributed by atoms with van der Waals surface area (Å²) in [6.07, 6.45) is 1.34. The monoisotopic (exact) mass is 281 g/mol. The van der Waals surface area contributed by atoms with Crippen LogP contribution in [-0.2, 0) is 4.74 Å². The topological polar surface area (TPSA) is 38.7 Å². The van der Waals surface area contributed by atoms with Gasteiger partial charge in [0.25, 0.3) is 0 Å². The summed E-state index contributed by atoms with van der Waals surface area (Å²) in [4.78, 5) is 15.9. The van der Waals surface area contributed by atoms with Gasteiger partial charge in [-0.05, 0) is 12.1 Å². The van der Waals surface area contributed by atoms with Gasteiger partial charge in [0.1, 0.15) is 10.7 Å². The number of thiophene rings is 1. The Labute approximate surface area is 112 Å². The fraction of sp³-hybridized carbons (Fsp3) is 0.0833. The first-order valence-electron chi connectivity index (χ1n) is 4.96. The van der Waals surface area contributed by atoms with E-state index in [1.165, 1.54) is 24.8 Å². The molecule has 0 saturated heterocycles. The van der Waals surface area contributed by atoms with E-state index in [1.54, 1.807) is 12.1 Å². The molecule has 0 radical (unpaired) electrons. The Hall–Kier alpha value is -1.66. The Morgan fingerprint density at radius 2 is 2.33 bits per heavy atom. The van der Waals surface area contributed by atoms with E-state index in [-0.39, 0.29) is 10.6 Å². The van der Waals surface area contributed by atoms with Crippen molar-refractivity contribution in [3.05, 3.63) is 28.9 Å². The van der Waals surface area contributed by atoms with Crippen LogP contribution in [0.1, 0.15) is 9.67 Å². The number of benzene rings is 1. The number of fused-ring (bicyclic) bond motifs is 1. The van der Waals surface area contributed by atoms with Crippen molar-refractivity contribution in [1.29, 1.82) is 0 Å². The van der Waals surface area contributed by atoms with Crippen LogP contribution in [-0.4, -0.2) is 24.7 Å². The Bertz CT molecular complexity index is 649. The Kier molecular flexibility index (Phi) is 3.78. The number of halogens is 1. The van der Waals surface area contributed by atoms with Gasteiger partial charge in [-0.1, -0.05) is 18.3 Å². The molecule has 1 aromatic carbocycles. The minimum Gasteiger partial charge on any atom is -0.465 e. The van der Waals surface area contributed by atoms with Crippen LogP contribution in [0.15, 0.2) is 23.2 Å². The number of hydrogen-bond acceptors (Lipinski definition) is 5. The lowest BCUT2D eigenvalue weighted by molar-refractivity contribution is 0.0607. The van der Waals surface area contributed by atoms with Crippen molar-refractivity contribution < 1.29 is 13.9 Å². The van der Waals surface area contributed by atoms with Crippen molar-refractivity contribution in [2.24, 2.45) is 4.99 Å². The van der Waals surface area contributed by atoms with Gasteiger partial charge in [-0.3, -0.25) is 4.99 Å². The van der Waals surface area contributed by atoms with Crippen molar-refractivity contribution in [1.82, 2.24) is 0 Å². The molecule has 0 amide bonds. The number of rotatable bonds is 3. The van der Waals surface area contributed by atoms with Crippen molar-refractivity contribution in [2.75, 3.05) is 7.11 Å². The molecule has 0 fully saturated rings. The highest BCUT2D eigenvalue weighted by Crippen LogP contribution is 2.39. The van der Waals surface area contributed by atoms with E-state index >= 15 is 0 Å². The lowest BCUT2D eigenvalue weighted by atomic mass is 10.2. The molecule has 18 heavy (non-hydrogen) atoms. The fourth-order valence-corrected chi connectivity index (χ4v) is 2.69. The van der Waals surface area contributed by atoms with E-state index in [9.17, 15) is 9.18 Å². The third kappa shape index (κ3) is 2.16. The molecule has 0 N–H and O–H groups in total. The van der Waals surface area contributed by atoms with Gasteiger partial charge in [0, 0.05) is 16.3 Å². The summed E-state index contributed by atoms with van der Waals surface area (Å²) >= 11 is 5.78. The standard InChI is InChI=1S/C12H8FNO2S2/c1-16-12(15)11-10(14-5-6-17)9-7(13)3-2-4-8(9)18-11/h2-6H,1H3. The first-order chi connectivity index (χ1) is 8.69. The summed E-state index contributed by atoms with van der Waals surface area (Å²) in [5.41, 5.74) is 0.265. The summed E-state index contributed by atoms with van der Waals surface area (Å²) < 4.78 is 19.1. The van der Waals surface area contributed by atoms with Crippen LogP contribution in [0.2, 0.25) is 0 Å². The molecule has 0 atom stereocenters. The molecule has 0 bridgehead atoms. The number of carbonyl (C=O) groups excluding carboxylic acids is 1. The van der Waals surface area contributed by atoms with Crippen molar-refractivity contribution in [2.45, 2.75) is 0 Å². The van der Waals surface area contributed by atoms with Crippen molar-refractivity contribution in [3.63, 3.8) is 0 Å². The third-order valence-electron chi connectivity index (χ3n) is 2.27. The fourth-order valence-electron chi connectivity index (χ4n) is 1.55. The van der Waals surface area contributed by atoms with Gasteiger partial charge in [-0.15, -0.1) is 11.3 Å². The van der Waals surface area contributed by atoms with E-state index in [0.29, 0.717) is 10.1 Å². The highest BCUT2D eigenvalue weighted by molar-refractivity contribution is 7.80. The molecule has 3 nitrogen and oxygen atoms in total. The van der Waals surface area contributed by atoms with Gasteiger partial charge in [0.05, 0.1) is 18.2 Å². The first-order valence-corrected chi connectivity index (χ1v) is 6.25. The predicted molar refractivity (Wildman–Crippen MR) is 74.9 cm³/mol. The zero-order valence-corrected chi connectivity index (χ0v) is 11.0. The highest BCUT2D eigenvalue weighted by Gasteiger charge is 2.20. The largest absolute Gasteiger partial charge is 0.465 e. The average molecular weight is 281 g/mol. The summed E-state index contributed by atoms with van der Waals surface area (Å²) in [6.45, 7) is 0. The average Bonchev–Trinajstić information content (AvgIpc) is 2.75. The molecule has 2 aromatic rings. The van der Waals surface area contributed by atoms with Gasteiger partial charge in [-0.25, -0.2) is 9.18 Å². The quantitative estimate of drug-likeness (QED) is 0.491. The molecule has 6 heteroatoms. The predicted octanol–water partition coefficient (Wildman–Crippen LogP) is 3.53. The van der Waals surface area contributed by atoms with E-state index in [4.69, 9.17) is 0 Å². The van der Waals surface area contributed by atoms with Crippen LogP contribution in [0.5, 0.6) is 0 Å². The summed E-state index contributed by atoms with van der Waals surface area (Å²) in [7, 11) is 1.27. The van der Waals surface area contributed by atoms with Crippen LogP contribution in [0.3, 0.4) is 0 Å². The Morgan fingerprint density at radius 1 is 1.56 bits per heavy atom. The molecule has 1 aromatic heterocycles. The molecule has 0 spiro atoms. The number of hydrogen-bond donors (Lipinski definition) is 0. The van der Waals surface area contributed by atoms with Gasteiger partial charge in [0.15, 0.2) is 0 Å². The second-order valence-corrected chi connectivity index (χ2v) is 4.62. The zero-order valence-electron chi connectivity index (χ0n) is 9.34. The Balaban J connectivity index is 2.77. The van der Waals surface area contributed by atoms with E-state index in [2.05, 4.69) is 21.9 Å². The summed E-state index contributed by atoms with van der Waals surface area (Å²) in [5, 5.41) is 1.61. The molecule has 0 aliphatic heterocycles. The molecule has 2 rings (SSSR count). The third-order valence-corrected chi connectivity index (χ3v) is 3.52. The lowest BCUT2D eigenvalue weighted by Crippen LogP contribution is -1.98. The molecule has 0 aliphatic rings. The van der Waals surface area contributed by atoms with Crippen molar-refractivity contribution >= 4 is 56.9 Å². The van der Waals surface area contributed by atoms with Gasteiger partial charge in [-0.2, -0.15) is 0 Å². The molecular weight excluding hydrogens is 273 g/mol. The molecule has 92 valence electrons. The van der Waals surface area contributed by atoms with Crippen molar-refractivity contribution in [3.8, 4) is 0 Å². The Morgan fingerprint density at radius 3 is 3.00 bits per heavy atom. The van der Waals surface area contributed by atoms with Crippen LogP contribution in [0.4, 0.5) is 10.1 Å². The molecule has 0 saturated carbocycles. The SMILES string of the molecule is COC(=O)c1sc2cccc(F)c2c1N=CC=S. The summed E-state index contributed by atoms with van der Waals surface area (Å²) in [5.74, 6) is -0.956. The zero-order chi connectivity index (χ0) is 13.1. The number of aliphatic imine (C=N–C) groups is 1. The van der Waals surface area contributed by atoms with Crippen LogP contribution < -0.4 is 0 Å². The molecule has 0 aliphatic carbocycles. The maximum atomic E-state index is 13.8. The van der Waals surface area contributed by atoms with E-state index in [0.717, 1.165) is 11.3 Å². The highest BCUT2D eigenvalue weighted by atomic mass is 32.1. The minimum atomic E-state index is -0.535.